The van der Waals surface area contributed by atoms with Gasteiger partial charge in [0.1, 0.15) is 12.6 Å². The van der Waals surface area contributed by atoms with Gasteiger partial charge in [-0.05, 0) is 47.9 Å². The predicted molar refractivity (Wildman–Crippen MR) is 161 cm³/mol. The topological polar surface area (TPSA) is 86.8 Å². The molecule has 0 aliphatic rings. The molecular weight excluding hydrogens is 625 g/mol. The summed E-state index contributed by atoms with van der Waals surface area (Å²) in [6, 6.07) is 20.3. The molecule has 0 saturated heterocycles. The number of benzene rings is 3. The van der Waals surface area contributed by atoms with Crippen molar-refractivity contribution in [3.05, 3.63) is 98.4 Å². The zero-order chi connectivity index (χ0) is 28.6. The second-order valence-electron chi connectivity index (χ2n) is 9.01. The molecule has 0 spiro atoms. The molecule has 2 amide bonds. The van der Waals surface area contributed by atoms with Crippen LogP contribution < -0.4 is 9.62 Å². The Bertz CT molecular complexity index is 1410. The first kappa shape index (κ1) is 30.9. The fraction of sp³-hybridized carbons (Fsp3) is 0.286. The van der Waals surface area contributed by atoms with Crippen molar-refractivity contribution in [2.45, 2.75) is 32.4 Å². The maximum atomic E-state index is 14.0. The van der Waals surface area contributed by atoms with Gasteiger partial charge in [-0.2, -0.15) is 0 Å². The molecule has 11 heteroatoms. The number of rotatable bonds is 12. The van der Waals surface area contributed by atoms with Gasteiger partial charge in [-0.3, -0.25) is 13.9 Å². The van der Waals surface area contributed by atoms with E-state index in [9.17, 15) is 18.0 Å². The predicted octanol–water partition coefficient (Wildman–Crippen LogP) is 5.69. The van der Waals surface area contributed by atoms with Crippen LogP contribution in [0.3, 0.4) is 0 Å². The van der Waals surface area contributed by atoms with E-state index in [1.807, 2.05) is 61.5 Å². The molecule has 39 heavy (non-hydrogen) atoms. The number of hydrogen-bond acceptors (Lipinski definition) is 4. The van der Waals surface area contributed by atoms with E-state index in [4.69, 9.17) is 23.2 Å². The van der Waals surface area contributed by atoms with Crippen molar-refractivity contribution in [2.75, 3.05) is 23.7 Å². The third-order valence-corrected chi connectivity index (χ3v) is 8.09. The second kappa shape index (κ2) is 14.2. The Kier molecular flexibility index (Phi) is 11.2. The molecule has 0 heterocycles. The molecule has 1 atom stereocenters. The smallest absolute Gasteiger partial charge is 0.244 e. The maximum Gasteiger partial charge on any atom is 0.244 e. The van der Waals surface area contributed by atoms with E-state index >= 15 is 0 Å². The Labute approximate surface area is 248 Å². The summed E-state index contributed by atoms with van der Waals surface area (Å²) < 4.78 is 27.4. The molecule has 0 aromatic heterocycles. The van der Waals surface area contributed by atoms with Crippen LogP contribution in [-0.4, -0.2) is 50.5 Å². The third kappa shape index (κ3) is 8.96. The molecule has 7 nitrogen and oxygen atoms in total. The average Bonchev–Trinajstić information content (AvgIpc) is 2.89. The Morgan fingerprint density at radius 1 is 0.974 bits per heavy atom. The molecule has 0 aliphatic heterocycles. The maximum absolute atomic E-state index is 14.0. The summed E-state index contributed by atoms with van der Waals surface area (Å²) in [4.78, 5) is 28.9. The zero-order valence-electron chi connectivity index (χ0n) is 21.6. The van der Waals surface area contributed by atoms with Gasteiger partial charge in [0.15, 0.2) is 0 Å². The zero-order valence-corrected chi connectivity index (χ0v) is 25.5. The minimum Gasteiger partial charge on any atom is -0.354 e. The fourth-order valence-corrected chi connectivity index (χ4v) is 5.76. The summed E-state index contributed by atoms with van der Waals surface area (Å²) in [5, 5.41) is 3.29. The molecule has 0 aliphatic carbocycles. The lowest BCUT2D eigenvalue weighted by Crippen LogP contribution is -2.53. The van der Waals surface area contributed by atoms with E-state index in [-0.39, 0.29) is 34.6 Å². The summed E-state index contributed by atoms with van der Waals surface area (Å²) in [6.45, 7) is 1.89. The van der Waals surface area contributed by atoms with Crippen LogP contribution in [-0.2, 0) is 32.6 Å². The molecule has 0 unspecified atom stereocenters. The first-order valence-electron chi connectivity index (χ1n) is 12.3. The number of carbonyl (C=O) groups excluding carboxylic acids is 2. The van der Waals surface area contributed by atoms with E-state index < -0.39 is 28.5 Å². The standard InChI is InChI=1S/C28H30BrCl2N3O4S/c1-3-14-32-28(36)26(16-20-8-5-4-6-9-20)33(18-21-10-7-11-22(29)15-21)27(35)19-34(39(2,37)38)25-17-23(30)12-13-24(25)31/h4-13,15,17,26H,3,14,16,18-19H2,1-2H3,(H,32,36)/t26-/m1/s1. The number of nitrogens with zero attached hydrogens (tertiary/aromatic N) is 2. The number of nitrogens with one attached hydrogen (secondary N) is 1. The SMILES string of the molecule is CCCNC(=O)[C@@H](Cc1ccccc1)N(Cc1cccc(Br)c1)C(=O)CN(c1cc(Cl)ccc1Cl)S(C)(=O)=O. The van der Waals surface area contributed by atoms with Gasteiger partial charge in [0.05, 0.1) is 17.0 Å². The Morgan fingerprint density at radius 3 is 2.31 bits per heavy atom. The molecule has 0 saturated carbocycles. The molecule has 0 fully saturated rings. The van der Waals surface area contributed by atoms with Crippen molar-refractivity contribution in [3.8, 4) is 0 Å². The van der Waals surface area contributed by atoms with Crippen LogP contribution in [0.15, 0.2) is 77.3 Å². The van der Waals surface area contributed by atoms with Crippen molar-refractivity contribution < 1.29 is 18.0 Å². The van der Waals surface area contributed by atoms with Crippen molar-refractivity contribution in [2.24, 2.45) is 0 Å². The minimum atomic E-state index is -3.95. The Morgan fingerprint density at radius 2 is 1.67 bits per heavy atom. The second-order valence-corrected chi connectivity index (χ2v) is 12.7. The quantitative estimate of drug-likeness (QED) is 0.272. The highest BCUT2D eigenvalue weighted by atomic mass is 79.9. The molecular formula is C28H30BrCl2N3O4S. The van der Waals surface area contributed by atoms with Gasteiger partial charge in [0, 0.05) is 29.0 Å². The van der Waals surface area contributed by atoms with Crippen LogP contribution in [0, 0.1) is 0 Å². The first-order chi connectivity index (χ1) is 18.5. The lowest BCUT2D eigenvalue weighted by molar-refractivity contribution is -0.140. The average molecular weight is 655 g/mol. The van der Waals surface area contributed by atoms with Gasteiger partial charge < -0.3 is 10.2 Å². The highest BCUT2D eigenvalue weighted by molar-refractivity contribution is 9.10. The normalized spacial score (nSPS) is 12.0. The molecule has 0 radical (unpaired) electrons. The van der Waals surface area contributed by atoms with Crippen molar-refractivity contribution in [1.29, 1.82) is 0 Å². The van der Waals surface area contributed by atoms with Gasteiger partial charge in [0.2, 0.25) is 21.8 Å². The van der Waals surface area contributed by atoms with E-state index in [0.717, 1.165) is 32.6 Å². The highest BCUT2D eigenvalue weighted by Crippen LogP contribution is 2.31. The Hall–Kier alpha value is -2.59. The van der Waals surface area contributed by atoms with Gasteiger partial charge in [-0.25, -0.2) is 8.42 Å². The highest BCUT2D eigenvalue weighted by Gasteiger charge is 2.33. The summed E-state index contributed by atoms with van der Waals surface area (Å²) in [5.41, 5.74) is 1.71. The molecule has 1 N–H and O–H groups in total. The summed E-state index contributed by atoms with van der Waals surface area (Å²) >= 11 is 15.9. The third-order valence-electron chi connectivity index (χ3n) is 5.92. The van der Waals surface area contributed by atoms with Crippen LogP contribution >= 0.6 is 39.1 Å². The van der Waals surface area contributed by atoms with Crippen molar-refractivity contribution in [1.82, 2.24) is 10.2 Å². The Balaban J connectivity index is 2.07. The molecule has 208 valence electrons. The van der Waals surface area contributed by atoms with Crippen molar-refractivity contribution in [3.63, 3.8) is 0 Å². The van der Waals surface area contributed by atoms with E-state index in [2.05, 4.69) is 21.2 Å². The van der Waals surface area contributed by atoms with E-state index in [0.29, 0.717) is 6.54 Å². The van der Waals surface area contributed by atoms with Gasteiger partial charge in [-0.1, -0.05) is 88.5 Å². The minimum absolute atomic E-state index is 0.0796. The summed E-state index contributed by atoms with van der Waals surface area (Å²) in [5.74, 6) is -0.889. The van der Waals surface area contributed by atoms with Gasteiger partial charge in [-0.15, -0.1) is 0 Å². The van der Waals surface area contributed by atoms with Gasteiger partial charge in [0.25, 0.3) is 0 Å². The monoisotopic (exact) mass is 653 g/mol. The number of hydrogen-bond donors (Lipinski definition) is 1. The lowest BCUT2D eigenvalue weighted by atomic mass is 10.0. The number of halogens is 3. The molecule has 3 rings (SSSR count). The van der Waals surface area contributed by atoms with Crippen LogP contribution in [0.5, 0.6) is 0 Å². The molecule has 3 aromatic rings. The molecule has 3 aromatic carbocycles. The number of anilines is 1. The van der Waals surface area contributed by atoms with Crippen LogP contribution in [0.4, 0.5) is 5.69 Å². The lowest BCUT2D eigenvalue weighted by Gasteiger charge is -2.33. The van der Waals surface area contributed by atoms with Crippen molar-refractivity contribution >= 4 is 66.7 Å². The summed E-state index contributed by atoms with van der Waals surface area (Å²) in [7, 11) is -3.95. The largest absolute Gasteiger partial charge is 0.354 e. The fourth-order valence-electron chi connectivity index (χ4n) is 4.02. The summed E-state index contributed by atoms with van der Waals surface area (Å²) in [6.07, 6.45) is 1.96. The number of sulfonamides is 1. The number of amides is 2. The number of carbonyl (C=O) groups is 2. The van der Waals surface area contributed by atoms with Crippen LogP contribution in [0.25, 0.3) is 0 Å². The van der Waals surface area contributed by atoms with Crippen LogP contribution in [0.2, 0.25) is 10.0 Å². The first-order valence-corrected chi connectivity index (χ1v) is 15.7. The van der Waals surface area contributed by atoms with Gasteiger partial charge >= 0.3 is 0 Å². The molecule has 0 bridgehead atoms. The van der Waals surface area contributed by atoms with E-state index in [1.54, 1.807) is 0 Å². The van der Waals surface area contributed by atoms with Crippen LogP contribution in [0.1, 0.15) is 24.5 Å². The van der Waals surface area contributed by atoms with E-state index in [1.165, 1.54) is 23.1 Å².